The minimum atomic E-state index is -1.01. The number of benzene rings is 1. The van der Waals surface area contributed by atoms with Crippen LogP contribution in [0, 0.1) is 0 Å². The summed E-state index contributed by atoms with van der Waals surface area (Å²) in [6, 6.07) is 9.78. The van der Waals surface area contributed by atoms with E-state index in [-0.39, 0.29) is 11.4 Å². The smallest absolute Gasteiger partial charge is 0.339 e. The van der Waals surface area contributed by atoms with Crippen LogP contribution in [0.25, 0.3) is 11.3 Å². The third kappa shape index (κ3) is 3.88. The highest BCUT2D eigenvalue weighted by Gasteiger charge is 2.12. The van der Waals surface area contributed by atoms with Crippen LogP contribution in [0.3, 0.4) is 0 Å². The second-order valence-electron chi connectivity index (χ2n) is 5.32. The number of aromatic amines is 1. The molecule has 0 fully saturated rings. The molecule has 0 saturated heterocycles. The van der Waals surface area contributed by atoms with E-state index < -0.39 is 5.97 Å². The zero-order valence-electron chi connectivity index (χ0n) is 12.4. The summed E-state index contributed by atoms with van der Waals surface area (Å²) < 4.78 is 0. The van der Waals surface area contributed by atoms with Gasteiger partial charge in [0.1, 0.15) is 11.4 Å². The molecule has 0 amide bonds. The van der Waals surface area contributed by atoms with Gasteiger partial charge in [0.15, 0.2) is 0 Å². The molecule has 1 aromatic carbocycles. The number of aromatic nitrogens is 1. The second kappa shape index (κ2) is 6.97. The first-order valence-electron chi connectivity index (χ1n) is 7.43. The molecule has 21 heavy (non-hydrogen) atoms. The van der Waals surface area contributed by atoms with Gasteiger partial charge < -0.3 is 15.8 Å². The average Bonchev–Trinajstić information content (AvgIpc) is 2.86. The Bertz CT molecular complexity index is 600. The fourth-order valence-electron chi connectivity index (χ4n) is 2.41. The fraction of sp³-hybridized carbons (Fsp3) is 0.353. The first-order chi connectivity index (χ1) is 10.1. The van der Waals surface area contributed by atoms with E-state index in [1.165, 1.54) is 31.2 Å². The number of hydrogen-bond donors (Lipinski definition) is 3. The van der Waals surface area contributed by atoms with Crippen LogP contribution in [0.4, 0.5) is 5.82 Å². The number of nitrogens with one attached hydrogen (secondary N) is 1. The Morgan fingerprint density at radius 3 is 2.48 bits per heavy atom. The van der Waals surface area contributed by atoms with Gasteiger partial charge in [-0.3, -0.25) is 0 Å². The summed E-state index contributed by atoms with van der Waals surface area (Å²) in [7, 11) is 0. The van der Waals surface area contributed by atoms with Crippen molar-refractivity contribution >= 4 is 11.8 Å². The number of aryl methyl sites for hydroxylation is 1. The highest BCUT2D eigenvalue weighted by atomic mass is 16.4. The van der Waals surface area contributed by atoms with Crippen molar-refractivity contribution in [3.8, 4) is 11.3 Å². The maximum atomic E-state index is 11.0. The molecule has 0 aliphatic carbocycles. The van der Waals surface area contributed by atoms with Gasteiger partial charge in [0.25, 0.3) is 0 Å². The number of H-pyrrole nitrogens is 1. The van der Waals surface area contributed by atoms with E-state index in [0.717, 1.165) is 17.7 Å². The van der Waals surface area contributed by atoms with Crippen molar-refractivity contribution in [2.24, 2.45) is 0 Å². The van der Waals surface area contributed by atoms with Crippen molar-refractivity contribution in [1.29, 1.82) is 0 Å². The molecular formula is C17H22N2O2. The lowest BCUT2D eigenvalue weighted by Crippen LogP contribution is -1.98. The summed E-state index contributed by atoms with van der Waals surface area (Å²) in [5.74, 6) is -0.816. The number of carboxylic acid groups (broad SMARTS) is 1. The number of hydrogen-bond acceptors (Lipinski definition) is 2. The van der Waals surface area contributed by atoms with Gasteiger partial charge in [-0.25, -0.2) is 4.79 Å². The molecule has 0 radical (unpaired) electrons. The maximum Gasteiger partial charge on any atom is 0.339 e. The Morgan fingerprint density at radius 2 is 1.90 bits per heavy atom. The van der Waals surface area contributed by atoms with E-state index in [0.29, 0.717) is 0 Å². The van der Waals surface area contributed by atoms with Crippen LogP contribution in [0.15, 0.2) is 30.3 Å². The van der Waals surface area contributed by atoms with Crippen LogP contribution in [-0.2, 0) is 6.42 Å². The van der Waals surface area contributed by atoms with Crippen molar-refractivity contribution in [3.05, 3.63) is 41.5 Å². The molecule has 4 heteroatoms. The topological polar surface area (TPSA) is 79.1 Å². The normalized spacial score (nSPS) is 10.7. The van der Waals surface area contributed by atoms with E-state index in [9.17, 15) is 4.79 Å². The number of anilines is 1. The summed E-state index contributed by atoms with van der Waals surface area (Å²) in [6.45, 7) is 2.21. The zero-order valence-corrected chi connectivity index (χ0v) is 12.4. The number of nitrogens with two attached hydrogens (primary N) is 1. The summed E-state index contributed by atoms with van der Waals surface area (Å²) in [4.78, 5) is 13.9. The van der Waals surface area contributed by atoms with Crippen LogP contribution in [0.1, 0.15) is 48.5 Å². The Hall–Kier alpha value is -2.23. The highest BCUT2D eigenvalue weighted by Crippen LogP contribution is 2.24. The summed E-state index contributed by atoms with van der Waals surface area (Å²) >= 11 is 0. The molecule has 0 saturated carbocycles. The van der Waals surface area contributed by atoms with Crippen LogP contribution in [0.2, 0.25) is 0 Å². The van der Waals surface area contributed by atoms with Gasteiger partial charge in [-0.15, -0.1) is 0 Å². The maximum absolute atomic E-state index is 11.0. The lowest BCUT2D eigenvalue weighted by Gasteiger charge is -2.03. The van der Waals surface area contributed by atoms with Gasteiger partial charge in [-0.05, 0) is 30.0 Å². The number of carbonyl (C=O) groups is 1. The van der Waals surface area contributed by atoms with Gasteiger partial charge in [0, 0.05) is 5.69 Å². The van der Waals surface area contributed by atoms with E-state index >= 15 is 0 Å². The first kappa shape index (κ1) is 15.2. The minimum absolute atomic E-state index is 0.119. The van der Waals surface area contributed by atoms with Gasteiger partial charge in [0.2, 0.25) is 0 Å². The molecule has 0 aliphatic rings. The third-order valence-electron chi connectivity index (χ3n) is 3.66. The van der Waals surface area contributed by atoms with E-state index in [1.807, 2.05) is 12.1 Å². The molecule has 1 heterocycles. The number of rotatable bonds is 7. The van der Waals surface area contributed by atoms with Gasteiger partial charge in [0.05, 0.1) is 0 Å². The van der Waals surface area contributed by atoms with Crippen LogP contribution < -0.4 is 5.73 Å². The third-order valence-corrected chi connectivity index (χ3v) is 3.66. The van der Waals surface area contributed by atoms with Gasteiger partial charge in [-0.2, -0.15) is 0 Å². The monoisotopic (exact) mass is 286 g/mol. The minimum Gasteiger partial charge on any atom is -0.478 e. The summed E-state index contributed by atoms with van der Waals surface area (Å²) in [5, 5.41) is 9.01. The predicted molar refractivity (Wildman–Crippen MR) is 85.4 cm³/mol. The molecule has 1 aromatic heterocycles. The fourth-order valence-corrected chi connectivity index (χ4v) is 2.41. The SMILES string of the molecule is CCCCCCc1ccc(-c2cc(C(=O)O)c(N)[nH]2)cc1. The number of unbranched alkanes of at least 4 members (excludes halogenated alkanes) is 3. The quantitative estimate of drug-likeness (QED) is 0.671. The molecule has 2 aromatic rings. The van der Waals surface area contributed by atoms with Crippen molar-refractivity contribution in [3.63, 3.8) is 0 Å². The van der Waals surface area contributed by atoms with E-state index in [1.54, 1.807) is 6.07 Å². The average molecular weight is 286 g/mol. The molecule has 0 unspecified atom stereocenters. The number of nitrogen functional groups attached to an aromatic ring is 1. The Kier molecular flexibility index (Phi) is 5.04. The number of aromatic carboxylic acids is 1. The Labute approximate surface area is 125 Å². The molecule has 2 rings (SSSR count). The lowest BCUT2D eigenvalue weighted by molar-refractivity contribution is 0.0698. The molecule has 0 aliphatic heterocycles. The standard InChI is InChI=1S/C17H22N2O2/c1-2-3-4-5-6-12-7-9-13(10-8-12)15-11-14(17(20)21)16(18)19-15/h7-11,19H,2-6,18H2,1H3,(H,20,21). The van der Waals surface area contributed by atoms with Crippen molar-refractivity contribution in [1.82, 2.24) is 4.98 Å². The Morgan fingerprint density at radius 1 is 1.19 bits per heavy atom. The Balaban J connectivity index is 2.05. The van der Waals surface area contributed by atoms with Gasteiger partial charge >= 0.3 is 5.97 Å². The largest absolute Gasteiger partial charge is 0.478 e. The van der Waals surface area contributed by atoms with Crippen molar-refractivity contribution in [2.45, 2.75) is 39.0 Å². The van der Waals surface area contributed by atoms with Gasteiger partial charge in [-0.1, -0.05) is 50.5 Å². The molecule has 0 bridgehead atoms. The predicted octanol–water partition coefficient (Wildman–Crippen LogP) is 4.08. The first-order valence-corrected chi connectivity index (χ1v) is 7.43. The summed E-state index contributed by atoms with van der Waals surface area (Å²) in [6.07, 6.45) is 6.11. The molecule has 112 valence electrons. The molecule has 4 nitrogen and oxygen atoms in total. The molecular weight excluding hydrogens is 264 g/mol. The van der Waals surface area contributed by atoms with Crippen molar-refractivity contribution in [2.75, 3.05) is 5.73 Å². The highest BCUT2D eigenvalue weighted by molar-refractivity contribution is 5.94. The summed E-state index contributed by atoms with van der Waals surface area (Å²) in [5.41, 5.74) is 8.79. The van der Waals surface area contributed by atoms with Crippen molar-refractivity contribution < 1.29 is 9.90 Å². The van der Waals surface area contributed by atoms with Crippen LogP contribution in [-0.4, -0.2) is 16.1 Å². The van der Waals surface area contributed by atoms with Crippen LogP contribution >= 0.6 is 0 Å². The zero-order chi connectivity index (χ0) is 15.2. The van der Waals surface area contributed by atoms with E-state index in [2.05, 4.69) is 24.0 Å². The van der Waals surface area contributed by atoms with E-state index in [4.69, 9.17) is 10.8 Å². The molecule has 4 N–H and O–H groups in total. The lowest BCUT2D eigenvalue weighted by atomic mass is 10.0. The molecule has 0 atom stereocenters. The van der Waals surface area contributed by atoms with Crippen LogP contribution in [0.5, 0.6) is 0 Å². The number of carboxylic acids is 1. The molecule has 0 spiro atoms. The second-order valence-corrected chi connectivity index (χ2v) is 5.32.